The van der Waals surface area contributed by atoms with Gasteiger partial charge in [0, 0.05) is 23.4 Å². The predicted molar refractivity (Wildman–Crippen MR) is 207 cm³/mol. The Morgan fingerprint density at radius 3 is 2.43 bits per heavy atom. The van der Waals surface area contributed by atoms with Gasteiger partial charge < -0.3 is 25.2 Å². The van der Waals surface area contributed by atoms with E-state index in [0.717, 1.165) is 51.5 Å². The Morgan fingerprint density at radius 1 is 1.09 bits per heavy atom. The number of nitrogens with one attached hydrogen (secondary N) is 2. The van der Waals surface area contributed by atoms with Crippen molar-refractivity contribution in [2.75, 3.05) is 33.4 Å². The van der Waals surface area contributed by atoms with Crippen molar-refractivity contribution in [1.29, 1.82) is 0 Å². The summed E-state index contributed by atoms with van der Waals surface area (Å²) in [6.07, 6.45) is 10.6. The molecule has 10 heteroatoms. The predicted octanol–water partition coefficient (Wildman–Crippen LogP) is 7.57. The molecule has 1 aliphatic heterocycles. The normalized spacial score (nSPS) is 41.1. The molecule has 0 radical (unpaired) electrons. The number of carbonyl (C=O) groups excluding carboxylic acids is 1. The number of fused-ring (bicyclic) bond motifs is 3. The fraction of sp³-hybridized carbons (Fsp3) is 0.860. The van der Waals surface area contributed by atoms with Crippen LogP contribution in [0.1, 0.15) is 138 Å². The highest BCUT2D eigenvalue weighted by molar-refractivity contribution is 5.89. The minimum atomic E-state index is -0.636. The third kappa shape index (κ3) is 5.96. The van der Waals surface area contributed by atoms with Gasteiger partial charge in [0.05, 0.1) is 37.9 Å². The number of aliphatic carboxylic acids is 1. The van der Waals surface area contributed by atoms with Gasteiger partial charge in [0.1, 0.15) is 6.33 Å². The lowest BCUT2D eigenvalue weighted by Crippen LogP contribution is -2.69. The van der Waals surface area contributed by atoms with Crippen LogP contribution in [0.3, 0.4) is 0 Å². The van der Waals surface area contributed by atoms with Gasteiger partial charge in [0.2, 0.25) is 5.82 Å². The number of rotatable bonds is 12. The molecular weight excluding hydrogens is 667 g/mol. The first-order chi connectivity index (χ1) is 24.8. The zero-order chi connectivity index (χ0) is 38.9. The lowest BCUT2D eigenvalue weighted by Gasteiger charge is -2.71. The van der Waals surface area contributed by atoms with Crippen molar-refractivity contribution >= 4 is 11.9 Å². The van der Waals surface area contributed by atoms with Crippen molar-refractivity contribution in [1.82, 2.24) is 25.4 Å². The maximum Gasteiger partial charge on any atom is 0.307 e. The van der Waals surface area contributed by atoms with Crippen molar-refractivity contribution in [2.45, 2.75) is 139 Å². The molecular formula is C43H71N5O5. The van der Waals surface area contributed by atoms with E-state index in [-0.39, 0.29) is 62.4 Å². The Balaban J connectivity index is 1.45. The summed E-state index contributed by atoms with van der Waals surface area (Å²) >= 11 is 0. The zero-order valence-corrected chi connectivity index (χ0v) is 35.0. The number of carboxylic acids is 1. The summed E-state index contributed by atoms with van der Waals surface area (Å²) in [4.78, 5) is 30.8. The number of carbonyl (C=O) groups is 2. The van der Waals surface area contributed by atoms with Gasteiger partial charge in [0.15, 0.2) is 0 Å². The molecule has 4 aliphatic carbocycles. The molecule has 2 heterocycles. The summed E-state index contributed by atoms with van der Waals surface area (Å²) in [5.41, 5.74) is -0.149. The fourth-order valence-electron chi connectivity index (χ4n) is 12.9. The van der Waals surface area contributed by atoms with E-state index in [2.05, 4.69) is 97.9 Å². The van der Waals surface area contributed by atoms with Crippen LogP contribution in [0.4, 0.5) is 0 Å². The third-order valence-electron chi connectivity index (χ3n) is 17.0. The van der Waals surface area contributed by atoms with Gasteiger partial charge in [-0.2, -0.15) is 0 Å². The van der Waals surface area contributed by atoms with Crippen LogP contribution in [0.2, 0.25) is 0 Å². The van der Waals surface area contributed by atoms with Crippen LogP contribution >= 0.6 is 0 Å². The van der Waals surface area contributed by atoms with Crippen molar-refractivity contribution in [3.05, 3.63) is 23.8 Å². The average molecular weight is 738 g/mol. The van der Waals surface area contributed by atoms with Gasteiger partial charge in [-0.25, -0.2) is 9.67 Å². The summed E-state index contributed by atoms with van der Waals surface area (Å²) in [5.74, 6) is 0.451. The third-order valence-corrected chi connectivity index (χ3v) is 17.0. The fourth-order valence-corrected chi connectivity index (χ4v) is 12.9. The molecule has 0 spiro atoms. The van der Waals surface area contributed by atoms with Gasteiger partial charge >= 0.3 is 5.97 Å². The second-order valence-electron chi connectivity index (χ2n) is 20.0. The minimum Gasteiger partial charge on any atom is -0.481 e. The molecule has 298 valence electrons. The van der Waals surface area contributed by atoms with Crippen molar-refractivity contribution < 1.29 is 24.2 Å². The van der Waals surface area contributed by atoms with Crippen LogP contribution in [0.15, 0.2) is 18.0 Å². The lowest BCUT2D eigenvalue weighted by atomic mass is 9.34. The molecule has 0 aromatic carbocycles. The molecule has 4 fully saturated rings. The van der Waals surface area contributed by atoms with Crippen LogP contribution in [0, 0.1) is 62.6 Å². The van der Waals surface area contributed by atoms with Gasteiger partial charge in [-0.3, -0.25) is 9.59 Å². The minimum absolute atomic E-state index is 0.163. The molecule has 1 amide bonds. The molecule has 12 atom stereocenters. The maximum atomic E-state index is 13.5. The first-order valence-corrected chi connectivity index (χ1v) is 20.8. The average Bonchev–Trinajstić information content (AvgIpc) is 3.60. The van der Waals surface area contributed by atoms with Gasteiger partial charge in [-0.1, -0.05) is 80.9 Å². The van der Waals surface area contributed by atoms with Crippen LogP contribution in [-0.4, -0.2) is 76.8 Å². The quantitative estimate of drug-likeness (QED) is 0.188. The van der Waals surface area contributed by atoms with E-state index in [1.165, 1.54) is 5.57 Å². The summed E-state index contributed by atoms with van der Waals surface area (Å²) in [6, 6.07) is -0.164. The van der Waals surface area contributed by atoms with E-state index in [0.29, 0.717) is 43.5 Å². The molecule has 5 aliphatic rings. The number of aromatic nitrogens is 3. The highest BCUT2D eigenvalue weighted by Gasteiger charge is 2.72. The highest BCUT2D eigenvalue weighted by Crippen LogP contribution is 2.75. The standard InChI is InChI=1S/C43H71N5O5/c1-13-20-46-42(11,27(4)5)23-53-34-31(48-25-45-35(47-48)36(49)44-12)21-43-24-52-22-39(34,8)32(43)15-14-29-30(43)16-17-41(10)33(37(50)51)38(7,28(6)26(2)3)18-19-40(29,41)9/h16,25-29,31-34,46H,13-15,17-24H2,1-12H3,(H,44,49)(H,50,51)/t28-,29+,31-,32+,33-,34+,38-,39+,40-,41+,42+,43?/m1/s1. The lowest BCUT2D eigenvalue weighted by molar-refractivity contribution is -0.253. The Hall–Kier alpha value is -2.30. The molecule has 1 unspecified atom stereocenters. The Bertz CT molecular complexity index is 1570. The van der Waals surface area contributed by atoms with Crippen molar-refractivity contribution in [2.24, 2.45) is 62.6 Å². The summed E-state index contributed by atoms with van der Waals surface area (Å²) < 4.78 is 15.9. The van der Waals surface area contributed by atoms with E-state index in [1.807, 2.05) is 4.68 Å². The number of ether oxygens (including phenoxy) is 2. The van der Waals surface area contributed by atoms with Crippen LogP contribution in [-0.2, 0) is 14.3 Å². The van der Waals surface area contributed by atoms with Crippen LogP contribution < -0.4 is 10.6 Å². The highest BCUT2D eigenvalue weighted by atomic mass is 16.5. The van der Waals surface area contributed by atoms with E-state index < -0.39 is 11.9 Å². The van der Waals surface area contributed by atoms with E-state index >= 15 is 0 Å². The molecule has 3 N–H and O–H groups in total. The molecule has 1 aromatic heterocycles. The van der Waals surface area contributed by atoms with E-state index in [9.17, 15) is 14.7 Å². The summed E-state index contributed by atoms with van der Waals surface area (Å²) in [6.45, 7) is 27.9. The Morgan fingerprint density at radius 2 is 1.81 bits per heavy atom. The monoisotopic (exact) mass is 738 g/mol. The molecule has 1 saturated heterocycles. The molecule has 2 bridgehead atoms. The zero-order valence-electron chi connectivity index (χ0n) is 35.0. The number of nitrogens with zero attached hydrogens (tertiary/aromatic N) is 3. The maximum absolute atomic E-state index is 13.5. The van der Waals surface area contributed by atoms with Crippen LogP contribution in [0.5, 0.6) is 0 Å². The summed E-state index contributed by atoms with van der Waals surface area (Å²) in [7, 11) is 1.61. The van der Waals surface area contributed by atoms with Crippen molar-refractivity contribution in [3.8, 4) is 0 Å². The van der Waals surface area contributed by atoms with Gasteiger partial charge in [-0.05, 0) is 104 Å². The molecule has 10 nitrogen and oxygen atoms in total. The topological polar surface area (TPSA) is 128 Å². The first kappa shape index (κ1) is 40.4. The Labute approximate surface area is 319 Å². The molecule has 3 saturated carbocycles. The van der Waals surface area contributed by atoms with Crippen molar-refractivity contribution in [3.63, 3.8) is 0 Å². The SMILES string of the molecule is CCCN[C@@](C)(CO[C@H]1[C@H](n2cnc(C(=O)NC)n2)CC23COC[C@@]1(C)[C@@H]2CC[C@H]1C3=CC[C@@]2(C)[C@H](C(=O)O)[C@@](C)([C@H](C)C(C)C)CC[C@]12C)C(C)C. The Kier molecular flexibility index (Phi) is 10.7. The number of hydrogen-bond acceptors (Lipinski definition) is 7. The summed E-state index contributed by atoms with van der Waals surface area (Å²) in [5, 5.41) is 22.4. The first-order valence-electron chi connectivity index (χ1n) is 20.8. The second-order valence-corrected chi connectivity index (χ2v) is 20.0. The number of carboxylic acid groups (broad SMARTS) is 1. The number of amides is 1. The van der Waals surface area contributed by atoms with E-state index in [4.69, 9.17) is 14.6 Å². The van der Waals surface area contributed by atoms with Gasteiger partial charge in [0.25, 0.3) is 5.91 Å². The van der Waals surface area contributed by atoms with E-state index in [1.54, 1.807) is 13.4 Å². The number of allylic oxidation sites excluding steroid dienone is 1. The smallest absolute Gasteiger partial charge is 0.307 e. The number of hydrogen-bond donors (Lipinski definition) is 3. The molecule has 6 rings (SSSR count). The molecule has 53 heavy (non-hydrogen) atoms. The molecule has 1 aromatic rings. The largest absolute Gasteiger partial charge is 0.481 e. The van der Waals surface area contributed by atoms with Gasteiger partial charge in [-0.15, -0.1) is 5.10 Å². The van der Waals surface area contributed by atoms with Crippen LogP contribution in [0.25, 0.3) is 0 Å². The second kappa shape index (κ2) is 14.0.